The molecule has 0 bridgehead atoms. The molecule has 19 heavy (non-hydrogen) atoms. The average Bonchev–Trinajstić information content (AvgIpc) is 2.94. The van der Waals surface area contributed by atoms with Crippen LogP contribution in [0.25, 0.3) is 0 Å². The summed E-state index contributed by atoms with van der Waals surface area (Å²) in [6, 6.07) is 1.90. The first-order chi connectivity index (χ1) is 9.24. The molecule has 2 rings (SSSR count). The maximum absolute atomic E-state index is 5.47. The summed E-state index contributed by atoms with van der Waals surface area (Å²) < 4.78 is 1.87. The van der Waals surface area contributed by atoms with E-state index in [1.165, 1.54) is 0 Å². The van der Waals surface area contributed by atoms with E-state index in [0.29, 0.717) is 5.82 Å². The predicted molar refractivity (Wildman–Crippen MR) is 74.7 cm³/mol. The van der Waals surface area contributed by atoms with Gasteiger partial charge in [-0.3, -0.25) is 4.68 Å². The molecule has 2 heterocycles. The molecule has 7 heteroatoms. The van der Waals surface area contributed by atoms with E-state index in [0.717, 1.165) is 36.7 Å². The zero-order valence-corrected chi connectivity index (χ0v) is 11.2. The molecule has 2 aromatic heterocycles. The zero-order chi connectivity index (χ0) is 13.7. The molecule has 0 radical (unpaired) electrons. The van der Waals surface area contributed by atoms with Crippen LogP contribution in [0, 0.1) is 6.92 Å². The third-order valence-corrected chi connectivity index (χ3v) is 2.84. The van der Waals surface area contributed by atoms with Crippen molar-refractivity contribution in [3.05, 3.63) is 29.8 Å². The van der Waals surface area contributed by atoms with Crippen LogP contribution in [0.15, 0.2) is 18.5 Å². The number of rotatable bonds is 6. The summed E-state index contributed by atoms with van der Waals surface area (Å²) in [6.07, 6.45) is 4.46. The maximum atomic E-state index is 5.47. The molecule has 0 aliphatic carbocycles. The number of nitrogens with one attached hydrogen (secondary N) is 2. The van der Waals surface area contributed by atoms with Crippen LogP contribution in [0.4, 0.5) is 11.6 Å². The third kappa shape index (κ3) is 3.19. The van der Waals surface area contributed by atoms with Crippen molar-refractivity contribution in [1.82, 2.24) is 19.7 Å². The molecule has 0 aromatic carbocycles. The molecule has 0 unspecified atom stereocenters. The molecule has 2 aromatic rings. The number of nitrogens with zero attached hydrogens (tertiary/aromatic N) is 4. The molecule has 4 N–H and O–H groups in total. The monoisotopic (exact) mass is 261 g/mol. The molecule has 0 saturated heterocycles. The fourth-order valence-corrected chi connectivity index (χ4v) is 1.76. The Labute approximate surface area is 112 Å². The van der Waals surface area contributed by atoms with Crippen molar-refractivity contribution in [2.45, 2.75) is 26.8 Å². The number of aryl methyl sites for hydroxylation is 1. The Kier molecular flexibility index (Phi) is 4.30. The first kappa shape index (κ1) is 13.3. The van der Waals surface area contributed by atoms with Gasteiger partial charge in [-0.15, -0.1) is 0 Å². The molecule has 0 spiro atoms. The van der Waals surface area contributed by atoms with Gasteiger partial charge in [0.25, 0.3) is 0 Å². The molecule has 0 atom stereocenters. The summed E-state index contributed by atoms with van der Waals surface area (Å²) in [6.45, 7) is 5.47. The molecule has 7 nitrogen and oxygen atoms in total. The van der Waals surface area contributed by atoms with E-state index in [2.05, 4.69) is 25.8 Å². The van der Waals surface area contributed by atoms with Gasteiger partial charge in [0.05, 0.1) is 6.54 Å². The van der Waals surface area contributed by atoms with Crippen LogP contribution in [0.3, 0.4) is 0 Å². The Morgan fingerprint density at radius 2 is 2.11 bits per heavy atom. The lowest BCUT2D eigenvalue weighted by atomic mass is 10.3. The Balaban J connectivity index is 2.06. The Bertz CT molecular complexity index is 521. The van der Waals surface area contributed by atoms with Crippen LogP contribution in [0.1, 0.15) is 18.3 Å². The molecular weight excluding hydrogens is 242 g/mol. The van der Waals surface area contributed by atoms with Crippen LogP contribution in [0.2, 0.25) is 0 Å². The minimum Gasteiger partial charge on any atom is -0.368 e. The molecule has 0 amide bonds. The molecule has 0 aliphatic rings. The van der Waals surface area contributed by atoms with Gasteiger partial charge in [0.2, 0.25) is 0 Å². The fourth-order valence-electron chi connectivity index (χ4n) is 1.76. The van der Waals surface area contributed by atoms with E-state index in [-0.39, 0.29) is 0 Å². The number of nitrogen functional groups attached to an aromatic ring is 1. The Morgan fingerprint density at radius 3 is 2.74 bits per heavy atom. The van der Waals surface area contributed by atoms with Crippen molar-refractivity contribution in [1.29, 1.82) is 0 Å². The van der Waals surface area contributed by atoms with Gasteiger partial charge >= 0.3 is 0 Å². The van der Waals surface area contributed by atoms with Gasteiger partial charge in [-0.25, -0.2) is 15.8 Å². The molecule has 0 saturated carbocycles. The lowest BCUT2D eigenvalue weighted by molar-refractivity contribution is 0.636. The smallest absolute Gasteiger partial charge is 0.148 e. The van der Waals surface area contributed by atoms with Gasteiger partial charge in [0.1, 0.15) is 17.5 Å². The number of hydrazine groups is 1. The van der Waals surface area contributed by atoms with Crippen LogP contribution in [-0.2, 0) is 13.0 Å². The third-order valence-electron chi connectivity index (χ3n) is 2.84. The van der Waals surface area contributed by atoms with Crippen LogP contribution < -0.4 is 16.6 Å². The van der Waals surface area contributed by atoms with Crippen molar-refractivity contribution in [2.75, 3.05) is 17.3 Å². The topological polar surface area (TPSA) is 93.7 Å². The van der Waals surface area contributed by atoms with Gasteiger partial charge in [0.15, 0.2) is 0 Å². The lowest BCUT2D eigenvalue weighted by Crippen LogP contribution is -2.17. The highest BCUT2D eigenvalue weighted by molar-refractivity contribution is 5.56. The highest BCUT2D eigenvalue weighted by atomic mass is 15.3. The van der Waals surface area contributed by atoms with Gasteiger partial charge < -0.3 is 10.7 Å². The van der Waals surface area contributed by atoms with Crippen molar-refractivity contribution in [2.24, 2.45) is 5.84 Å². The highest BCUT2D eigenvalue weighted by Gasteiger charge is 2.08. The molecule has 102 valence electrons. The van der Waals surface area contributed by atoms with Gasteiger partial charge in [-0.1, -0.05) is 6.92 Å². The van der Waals surface area contributed by atoms with Crippen LogP contribution >= 0.6 is 0 Å². The van der Waals surface area contributed by atoms with Gasteiger partial charge in [-0.2, -0.15) is 5.10 Å². The fraction of sp³-hybridized carbons (Fsp3) is 0.417. The van der Waals surface area contributed by atoms with Crippen LogP contribution in [-0.4, -0.2) is 26.3 Å². The van der Waals surface area contributed by atoms with Crippen molar-refractivity contribution >= 4 is 11.6 Å². The van der Waals surface area contributed by atoms with E-state index in [4.69, 9.17) is 5.84 Å². The summed E-state index contributed by atoms with van der Waals surface area (Å²) >= 11 is 0. The van der Waals surface area contributed by atoms with E-state index < -0.39 is 0 Å². The summed E-state index contributed by atoms with van der Waals surface area (Å²) in [7, 11) is 0. The molecular formula is C12H19N7. The van der Waals surface area contributed by atoms with Crippen molar-refractivity contribution < 1.29 is 0 Å². The normalized spacial score (nSPS) is 10.5. The van der Waals surface area contributed by atoms with E-state index in [1.54, 1.807) is 6.20 Å². The predicted octanol–water partition coefficient (Wildman–Crippen LogP) is 0.942. The second-order valence-electron chi connectivity index (χ2n) is 4.16. The largest absolute Gasteiger partial charge is 0.368 e. The lowest BCUT2D eigenvalue weighted by Gasteiger charge is -2.13. The second kappa shape index (κ2) is 6.14. The molecule has 0 aliphatic heterocycles. The maximum Gasteiger partial charge on any atom is 0.148 e. The second-order valence-corrected chi connectivity index (χ2v) is 4.16. The molecule has 0 fully saturated rings. The quantitative estimate of drug-likeness (QED) is 0.529. The number of nitrogens with two attached hydrogens (primary N) is 1. The Morgan fingerprint density at radius 1 is 1.32 bits per heavy atom. The number of hydrogen-bond acceptors (Lipinski definition) is 6. The minimum atomic E-state index is 0.661. The van der Waals surface area contributed by atoms with Crippen molar-refractivity contribution in [3.8, 4) is 0 Å². The van der Waals surface area contributed by atoms with E-state index in [1.807, 2.05) is 30.8 Å². The summed E-state index contributed by atoms with van der Waals surface area (Å²) in [4.78, 5) is 8.79. The van der Waals surface area contributed by atoms with E-state index in [9.17, 15) is 0 Å². The Hall–Kier alpha value is -2.15. The highest BCUT2D eigenvalue weighted by Crippen LogP contribution is 2.19. The minimum absolute atomic E-state index is 0.661. The van der Waals surface area contributed by atoms with Gasteiger partial charge in [0, 0.05) is 30.9 Å². The van der Waals surface area contributed by atoms with Crippen LogP contribution in [0.5, 0.6) is 0 Å². The summed E-state index contributed by atoms with van der Waals surface area (Å²) in [5, 5.41) is 7.44. The summed E-state index contributed by atoms with van der Waals surface area (Å²) in [5.74, 6) is 7.70. The SMILES string of the molecule is CCc1nc(NN)c(C)c(NCCn2cccn2)n1. The number of aromatic nitrogens is 4. The van der Waals surface area contributed by atoms with Gasteiger partial charge in [-0.05, 0) is 13.0 Å². The van der Waals surface area contributed by atoms with E-state index >= 15 is 0 Å². The first-order valence-corrected chi connectivity index (χ1v) is 6.30. The first-order valence-electron chi connectivity index (χ1n) is 6.30. The zero-order valence-electron chi connectivity index (χ0n) is 11.2. The van der Waals surface area contributed by atoms with Crippen molar-refractivity contribution in [3.63, 3.8) is 0 Å². The average molecular weight is 261 g/mol. The standard InChI is InChI=1S/C12H19N7/c1-3-10-16-11(9(2)12(17-10)18-13)14-6-8-19-7-4-5-15-19/h4-5,7H,3,6,8,13H2,1-2H3,(H2,14,16,17,18). The number of hydrogen-bond donors (Lipinski definition) is 3. The number of anilines is 2. The summed E-state index contributed by atoms with van der Waals surface area (Å²) in [5.41, 5.74) is 3.52.